The minimum atomic E-state index is 0.424. The summed E-state index contributed by atoms with van der Waals surface area (Å²) in [4.78, 5) is 0. The van der Waals surface area contributed by atoms with E-state index in [0.29, 0.717) is 17.6 Å². The minimum Gasteiger partial charge on any atom is -0.361 e. The molecule has 0 amide bonds. The lowest BCUT2D eigenvalue weighted by Gasteiger charge is -2.05. The number of rotatable bonds is 5. The standard InChI is InChI=1S/C14H16O2P2/c1-15-17-13-7-3-11(4-8-13)12-5-9-14(10-6-12)18-16-2/h3-10,17-18H,1-2H3. The maximum absolute atomic E-state index is 5.13. The van der Waals surface area contributed by atoms with Crippen LogP contribution in [0.1, 0.15) is 0 Å². The lowest BCUT2D eigenvalue weighted by atomic mass is 10.1. The molecule has 0 spiro atoms. The molecule has 0 aromatic heterocycles. The van der Waals surface area contributed by atoms with Crippen LogP contribution < -0.4 is 10.6 Å². The van der Waals surface area contributed by atoms with Crippen LogP contribution in [0.2, 0.25) is 0 Å². The first-order valence-electron chi connectivity index (χ1n) is 5.62. The minimum absolute atomic E-state index is 0.424. The summed E-state index contributed by atoms with van der Waals surface area (Å²) in [5, 5.41) is 2.44. The van der Waals surface area contributed by atoms with E-state index in [4.69, 9.17) is 9.05 Å². The summed E-state index contributed by atoms with van der Waals surface area (Å²) in [5.74, 6) is 0. The lowest BCUT2D eigenvalue weighted by Crippen LogP contribution is -1.95. The van der Waals surface area contributed by atoms with E-state index in [-0.39, 0.29) is 0 Å². The van der Waals surface area contributed by atoms with Gasteiger partial charge in [0.2, 0.25) is 0 Å². The van der Waals surface area contributed by atoms with Gasteiger partial charge in [-0.2, -0.15) is 0 Å². The molecule has 4 heteroatoms. The first-order valence-corrected chi connectivity index (χ1v) is 7.43. The molecule has 94 valence electrons. The van der Waals surface area contributed by atoms with Gasteiger partial charge in [0.05, 0.1) is 0 Å². The zero-order chi connectivity index (χ0) is 12.8. The summed E-state index contributed by atoms with van der Waals surface area (Å²) in [7, 11) is 4.29. The average Bonchev–Trinajstić information content (AvgIpc) is 2.41. The van der Waals surface area contributed by atoms with E-state index >= 15 is 0 Å². The van der Waals surface area contributed by atoms with Crippen molar-refractivity contribution >= 4 is 28.2 Å². The summed E-state index contributed by atoms with van der Waals surface area (Å²) in [6.07, 6.45) is 0. The molecule has 0 bridgehead atoms. The van der Waals surface area contributed by atoms with Gasteiger partial charge in [-0.05, 0) is 21.7 Å². The third-order valence-electron chi connectivity index (χ3n) is 2.54. The maximum atomic E-state index is 5.13. The molecule has 2 nitrogen and oxygen atoms in total. The van der Waals surface area contributed by atoms with E-state index < -0.39 is 0 Å². The fourth-order valence-corrected chi connectivity index (χ4v) is 2.77. The van der Waals surface area contributed by atoms with Crippen molar-refractivity contribution in [2.75, 3.05) is 14.2 Å². The molecule has 0 aliphatic rings. The predicted octanol–water partition coefficient (Wildman–Crippen LogP) is 3.08. The third-order valence-corrected chi connectivity index (χ3v) is 4.09. The molecule has 0 saturated carbocycles. The molecular weight excluding hydrogens is 262 g/mol. The van der Waals surface area contributed by atoms with E-state index in [9.17, 15) is 0 Å². The average molecular weight is 278 g/mol. The molecule has 0 aliphatic carbocycles. The van der Waals surface area contributed by atoms with Gasteiger partial charge in [-0.15, -0.1) is 0 Å². The quantitative estimate of drug-likeness (QED) is 0.782. The highest BCUT2D eigenvalue weighted by atomic mass is 31.1. The van der Waals surface area contributed by atoms with E-state index in [1.54, 1.807) is 14.2 Å². The van der Waals surface area contributed by atoms with Crippen molar-refractivity contribution in [2.45, 2.75) is 0 Å². The van der Waals surface area contributed by atoms with Crippen molar-refractivity contribution < 1.29 is 9.05 Å². The van der Waals surface area contributed by atoms with Crippen molar-refractivity contribution in [3.8, 4) is 11.1 Å². The summed E-state index contributed by atoms with van der Waals surface area (Å²) >= 11 is 0. The second-order valence-electron chi connectivity index (χ2n) is 3.77. The Bertz CT molecular complexity index is 433. The van der Waals surface area contributed by atoms with Crippen LogP contribution in [0.15, 0.2) is 48.5 Å². The Hall–Kier alpha value is -0.780. The summed E-state index contributed by atoms with van der Waals surface area (Å²) in [5.41, 5.74) is 2.46. The van der Waals surface area contributed by atoms with Gasteiger partial charge in [0.15, 0.2) is 0 Å². The molecule has 2 atom stereocenters. The van der Waals surface area contributed by atoms with E-state index in [2.05, 4.69) is 48.5 Å². The highest BCUT2D eigenvalue weighted by Gasteiger charge is 1.99. The van der Waals surface area contributed by atoms with Crippen LogP contribution in [0.25, 0.3) is 11.1 Å². The second-order valence-corrected chi connectivity index (χ2v) is 6.15. The molecular formula is C14H16O2P2. The topological polar surface area (TPSA) is 18.5 Å². The Balaban J connectivity index is 2.15. The molecule has 0 aliphatic heterocycles. The molecule has 18 heavy (non-hydrogen) atoms. The van der Waals surface area contributed by atoms with Crippen molar-refractivity contribution in [1.29, 1.82) is 0 Å². The molecule has 2 aromatic carbocycles. The normalized spacial score (nSPS) is 11.9. The Morgan fingerprint density at radius 2 is 0.944 bits per heavy atom. The molecule has 0 heterocycles. The van der Waals surface area contributed by atoms with E-state index in [1.807, 2.05) is 0 Å². The summed E-state index contributed by atoms with van der Waals surface area (Å²) < 4.78 is 10.3. The second kappa shape index (κ2) is 6.97. The predicted molar refractivity (Wildman–Crippen MR) is 81.8 cm³/mol. The van der Waals surface area contributed by atoms with Gasteiger partial charge in [-0.1, -0.05) is 48.5 Å². The highest BCUT2D eigenvalue weighted by Crippen LogP contribution is 2.21. The van der Waals surface area contributed by atoms with Gasteiger partial charge in [-0.3, -0.25) is 0 Å². The van der Waals surface area contributed by atoms with Crippen LogP contribution in [0.5, 0.6) is 0 Å². The van der Waals surface area contributed by atoms with Crippen LogP contribution in [0, 0.1) is 0 Å². The van der Waals surface area contributed by atoms with Crippen LogP contribution in [-0.4, -0.2) is 14.2 Å². The lowest BCUT2D eigenvalue weighted by molar-refractivity contribution is 0.481. The number of hydrogen-bond donors (Lipinski definition) is 0. The first kappa shape index (κ1) is 13.6. The molecule has 0 N–H and O–H groups in total. The van der Waals surface area contributed by atoms with E-state index in [1.165, 1.54) is 21.7 Å². The molecule has 0 radical (unpaired) electrons. The fourth-order valence-electron chi connectivity index (χ4n) is 1.70. The largest absolute Gasteiger partial charge is 0.361 e. The Morgan fingerprint density at radius 1 is 0.611 bits per heavy atom. The van der Waals surface area contributed by atoms with E-state index in [0.717, 1.165) is 0 Å². The molecule has 2 unspecified atom stereocenters. The third kappa shape index (κ3) is 3.60. The Morgan fingerprint density at radius 3 is 1.22 bits per heavy atom. The smallest absolute Gasteiger partial charge is 0.0456 e. The molecule has 2 aromatic rings. The van der Waals surface area contributed by atoms with Crippen LogP contribution >= 0.6 is 17.6 Å². The number of benzene rings is 2. The van der Waals surface area contributed by atoms with Crippen molar-refractivity contribution in [3.05, 3.63) is 48.5 Å². The van der Waals surface area contributed by atoms with Crippen molar-refractivity contribution in [2.24, 2.45) is 0 Å². The van der Waals surface area contributed by atoms with Gasteiger partial charge in [0.25, 0.3) is 0 Å². The SMILES string of the molecule is COPc1ccc(-c2ccc(POC)cc2)cc1. The zero-order valence-electron chi connectivity index (χ0n) is 10.4. The summed E-state index contributed by atoms with van der Waals surface area (Å²) in [6, 6.07) is 17.0. The van der Waals surface area contributed by atoms with Crippen molar-refractivity contribution in [3.63, 3.8) is 0 Å². The first-order chi connectivity index (χ1) is 8.83. The fraction of sp³-hybridized carbons (Fsp3) is 0.143. The van der Waals surface area contributed by atoms with Gasteiger partial charge in [0.1, 0.15) is 0 Å². The van der Waals surface area contributed by atoms with Gasteiger partial charge in [0, 0.05) is 31.8 Å². The highest BCUT2D eigenvalue weighted by molar-refractivity contribution is 7.42. The molecule has 0 saturated heterocycles. The maximum Gasteiger partial charge on any atom is 0.0456 e. The Kier molecular flexibility index (Phi) is 5.28. The summed E-state index contributed by atoms with van der Waals surface area (Å²) in [6.45, 7) is 0. The van der Waals surface area contributed by atoms with Crippen molar-refractivity contribution in [1.82, 2.24) is 0 Å². The van der Waals surface area contributed by atoms with Gasteiger partial charge >= 0.3 is 0 Å². The Labute approximate surface area is 111 Å². The van der Waals surface area contributed by atoms with Crippen LogP contribution in [0.3, 0.4) is 0 Å². The van der Waals surface area contributed by atoms with Crippen LogP contribution in [-0.2, 0) is 9.05 Å². The number of hydrogen-bond acceptors (Lipinski definition) is 2. The monoisotopic (exact) mass is 278 g/mol. The van der Waals surface area contributed by atoms with Gasteiger partial charge < -0.3 is 9.05 Å². The molecule has 2 rings (SSSR count). The zero-order valence-corrected chi connectivity index (χ0v) is 12.4. The molecule has 0 fully saturated rings. The van der Waals surface area contributed by atoms with Gasteiger partial charge in [-0.25, -0.2) is 0 Å². The van der Waals surface area contributed by atoms with Crippen LogP contribution in [0.4, 0.5) is 0 Å².